The lowest BCUT2D eigenvalue weighted by molar-refractivity contribution is -0.166. The van der Waals surface area contributed by atoms with E-state index in [1.165, 1.54) is 57.8 Å². The van der Waals surface area contributed by atoms with Crippen LogP contribution in [0.2, 0.25) is 0 Å². The summed E-state index contributed by atoms with van der Waals surface area (Å²) in [5.41, 5.74) is -1.49. The zero-order valence-corrected chi connectivity index (χ0v) is 20.6. The lowest BCUT2D eigenvalue weighted by Crippen LogP contribution is -2.47. The van der Waals surface area contributed by atoms with Crippen LogP contribution in [0.25, 0.3) is 0 Å². The Hall–Kier alpha value is -1.27. The Bertz CT molecular complexity index is 532. The maximum absolute atomic E-state index is 12.1. The van der Waals surface area contributed by atoms with Gasteiger partial charge in [-0.3, -0.25) is 0 Å². The number of carbonyl (C=O) groups excluding carboxylic acids is 1. The number of unbranched alkanes of at least 4 members (excludes halogenated alkanes) is 14. The summed E-state index contributed by atoms with van der Waals surface area (Å²) in [7, 11) is 0. The number of aliphatic hydroxyl groups excluding tert-OH is 3. The van der Waals surface area contributed by atoms with Crippen molar-refractivity contribution in [2.45, 2.75) is 135 Å². The van der Waals surface area contributed by atoms with Gasteiger partial charge in [0.2, 0.25) is 11.4 Å². The predicted molar refractivity (Wildman–Crippen MR) is 127 cm³/mol. The predicted octanol–water partition coefficient (Wildman–Crippen LogP) is 6.09. The average Bonchev–Trinajstić information content (AvgIpc) is 3.04. The molecule has 6 heteroatoms. The third kappa shape index (κ3) is 9.70. The van der Waals surface area contributed by atoms with Gasteiger partial charge in [0, 0.05) is 0 Å². The molecule has 2 atom stereocenters. The molecular weight excluding hydrogens is 408 g/mol. The van der Waals surface area contributed by atoms with Gasteiger partial charge >= 0.3 is 5.97 Å². The Morgan fingerprint density at radius 1 is 0.812 bits per heavy atom. The maximum atomic E-state index is 12.1. The van der Waals surface area contributed by atoms with Gasteiger partial charge in [0.1, 0.15) is 6.10 Å². The third-order valence-electron chi connectivity index (χ3n) is 6.42. The number of rotatable bonds is 21. The summed E-state index contributed by atoms with van der Waals surface area (Å²) in [4.78, 5) is 12.1. The molecule has 188 valence electrons. The summed E-state index contributed by atoms with van der Waals surface area (Å²) < 4.78 is 11.1. The van der Waals surface area contributed by atoms with Crippen LogP contribution in [0.15, 0.2) is 11.5 Å². The molecule has 0 unspecified atom stereocenters. The second kappa shape index (κ2) is 17.2. The quantitative estimate of drug-likeness (QED) is 0.143. The molecule has 0 saturated heterocycles. The maximum Gasteiger partial charge on any atom is 0.378 e. The molecular formula is C26H48O6. The number of esters is 1. The van der Waals surface area contributed by atoms with Gasteiger partial charge in [0.05, 0.1) is 13.2 Å². The van der Waals surface area contributed by atoms with Gasteiger partial charge in [-0.05, 0) is 19.3 Å². The van der Waals surface area contributed by atoms with Crippen molar-refractivity contribution in [3.63, 3.8) is 0 Å². The van der Waals surface area contributed by atoms with Crippen LogP contribution in [0, 0.1) is 0 Å². The van der Waals surface area contributed by atoms with Crippen LogP contribution >= 0.6 is 0 Å². The van der Waals surface area contributed by atoms with Crippen LogP contribution in [-0.2, 0) is 14.3 Å². The third-order valence-corrected chi connectivity index (χ3v) is 6.42. The highest BCUT2D eigenvalue weighted by molar-refractivity contribution is 5.90. The highest BCUT2D eigenvalue weighted by Crippen LogP contribution is 2.40. The van der Waals surface area contributed by atoms with Crippen LogP contribution in [0.1, 0.15) is 123 Å². The highest BCUT2D eigenvalue weighted by Gasteiger charge is 2.54. The van der Waals surface area contributed by atoms with Gasteiger partial charge in [-0.25, -0.2) is 4.79 Å². The van der Waals surface area contributed by atoms with Crippen molar-refractivity contribution in [3.8, 4) is 0 Å². The molecule has 0 aromatic carbocycles. The SMILES string of the molecule is CCCCCCCCCCCCCC[C@]1([C@@H](O)CO)OC(=O)C(O)=C1OCCCCCC. The first-order chi connectivity index (χ1) is 15.5. The molecule has 0 saturated carbocycles. The van der Waals surface area contributed by atoms with Gasteiger partial charge in [-0.1, -0.05) is 104 Å². The Kier molecular flexibility index (Phi) is 15.5. The number of carbonyl (C=O) groups is 1. The minimum absolute atomic E-state index is 0.0105. The number of aliphatic hydroxyl groups is 3. The van der Waals surface area contributed by atoms with Gasteiger partial charge < -0.3 is 24.8 Å². The molecule has 3 N–H and O–H groups in total. The van der Waals surface area contributed by atoms with E-state index in [4.69, 9.17) is 9.47 Å². The van der Waals surface area contributed by atoms with E-state index in [2.05, 4.69) is 13.8 Å². The molecule has 0 aliphatic carbocycles. The fourth-order valence-electron chi connectivity index (χ4n) is 4.37. The van der Waals surface area contributed by atoms with E-state index in [-0.39, 0.29) is 5.76 Å². The lowest BCUT2D eigenvalue weighted by atomic mass is 9.88. The van der Waals surface area contributed by atoms with Crippen molar-refractivity contribution in [1.82, 2.24) is 0 Å². The summed E-state index contributed by atoms with van der Waals surface area (Å²) in [5.74, 6) is -1.48. The molecule has 32 heavy (non-hydrogen) atoms. The summed E-state index contributed by atoms with van der Waals surface area (Å²) in [6.45, 7) is 4.14. The molecule has 0 amide bonds. The van der Waals surface area contributed by atoms with Gasteiger partial charge in [-0.15, -0.1) is 0 Å². The fraction of sp³-hybridized carbons (Fsp3) is 0.885. The normalized spacial score (nSPS) is 19.4. The molecule has 0 aromatic rings. The van der Waals surface area contributed by atoms with E-state index in [1.54, 1.807) is 0 Å². The molecule has 0 fully saturated rings. The summed E-state index contributed by atoms with van der Waals surface area (Å²) in [6.07, 6.45) is 17.4. The van der Waals surface area contributed by atoms with Gasteiger partial charge in [0.25, 0.3) is 0 Å². The van der Waals surface area contributed by atoms with Crippen LogP contribution in [-0.4, -0.2) is 46.2 Å². The zero-order chi connectivity index (χ0) is 23.7. The lowest BCUT2D eigenvalue weighted by Gasteiger charge is -2.33. The van der Waals surface area contributed by atoms with Gasteiger partial charge in [0.15, 0.2) is 5.76 Å². The number of cyclic esters (lactones) is 1. The van der Waals surface area contributed by atoms with Crippen LogP contribution in [0.4, 0.5) is 0 Å². The van der Waals surface area contributed by atoms with Crippen molar-refractivity contribution < 1.29 is 29.6 Å². The minimum atomic E-state index is -1.49. The Morgan fingerprint density at radius 2 is 1.28 bits per heavy atom. The first-order valence-electron chi connectivity index (χ1n) is 13.1. The number of ether oxygens (including phenoxy) is 2. The average molecular weight is 457 g/mol. The monoisotopic (exact) mass is 456 g/mol. The largest absolute Gasteiger partial charge is 0.499 e. The molecule has 0 spiro atoms. The van der Waals surface area contributed by atoms with Crippen molar-refractivity contribution in [1.29, 1.82) is 0 Å². The molecule has 1 aliphatic heterocycles. The number of hydrogen-bond acceptors (Lipinski definition) is 6. The molecule has 6 nitrogen and oxygen atoms in total. The van der Waals surface area contributed by atoms with Crippen LogP contribution in [0.3, 0.4) is 0 Å². The fourth-order valence-corrected chi connectivity index (χ4v) is 4.37. The molecule has 0 radical (unpaired) electrons. The van der Waals surface area contributed by atoms with E-state index in [9.17, 15) is 20.1 Å². The van der Waals surface area contributed by atoms with Gasteiger partial charge in [-0.2, -0.15) is 0 Å². The summed E-state index contributed by atoms with van der Waals surface area (Å²) in [5, 5.41) is 30.3. The van der Waals surface area contributed by atoms with Crippen molar-refractivity contribution >= 4 is 5.97 Å². The van der Waals surface area contributed by atoms with E-state index < -0.39 is 30.0 Å². The van der Waals surface area contributed by atoms with E-state index in [0.29, 0.717) is 13.0 Å². The Balaban J connectivity index is 2.41. The molecule has 1 aliphatic rings. The van der Waals surface area contributed by atoms with Crippen molar-refractivity contribution in [3.05, 3.63) is 11.5 Å². The number of hydrogen-bond donors (Lipinski definition) is 3. The van der Waals surface area contributed by atoms with Crippen LogP contribution in [0.5, 0.6) is 0 Å². The standard InChI is InChI=1S/C26H48O6/c1-3-5-7-9-10-11-12-13-14-15-16-17-19-26(22(28)21-27)24(23(29)25(30)32-26)31-20-18-8-6-4-2/h22,27-29H,3-21H2,1-2H3/t22-,26+/m0/s1. The Labute approximate surface area is 195 Å². The topological polar surface area (TPSA) is 96.2 Å². The molecule has 0 aromatic heterocycles. The minimum Gasteiger partial charge on any atom is -0.499 e. The van der Waals surface area contributed by atoms with Crippen LogP contribution < -0.4 is 0 Å². The second-order valence-corrected chi connectivity index (χ2v) is 9.20. The summed E-state index contributed by atoms with van der Waals surface area (Å²) >= 11 is 0. The zero-order valence-electron chi connectivity index (χ0n) is 20.6. The van der Waals surface area contributed by atoms with E-state index >= 15 is 0 Å². The highest BCUT2D eigenvalue weighted by atomic mass is 16.6. The van der Waals surface area contributed by atoms with Crippen molar-refractivity contribution in [2.24, 2.45) is 0 Å². The molecule has 0 bridgehead atoms. The van der Waals surface area contributed by atoms with E-state index in [0.717, 1.165) is 44.9 Å². The summed E-state index contributed by atoms with van der Waals surface area (Å²) in [6, 6.07) is 0. The smallest absolute Gasteiger partial charge is 0.378 e. The molecule has 1 rings (SSSR count). The first-order valence-corrected chi connectivity index (χ1v) is 13.1. The van der Waals surface area contributed by atoms with E-state index in [1.807, 2.05) is 0 Å². The molecule has 1 heterocycles. The second-order valence-electron chi connectivity index (χ2n) is 9.20. The van der Waals surface area contributed by atoms with Crippen molar-refractivity contribution in [2.75, 3.05) is 13.2 Å². The first kappa shape index (κ1) is 28.8. The Morgan fingerprint density at radius 3 is 1.78 bits per heavy atom.